The summed E-state index contributed by atoms with van der Waals surface area (Å²) in [7, 11) is 0. The smallest absolute Gasteiger partial charge is 0.306 e. The predicted molar refractivity (Wildman–Crippen MR) is 243 cm³/mol. The minimum Gasteiger partial charge on any atom is -0.462 e. The van der Waals surface area contributed by atoms with Crippen LogP contribution in [-0.2, 0) is 28.6 Å². The summed E-state index contributed by atoms with van der Waals surface area (Å²) in [5, 5.41) is 0. The largest absolute Gasteiger partial charge is 0.462 e. The molecule has 6 nitrogen and oxygen atoms in total. The average Bonchev–Trinajstić information content (AvgIpc) is 3.18. The first-order chi connectivity index (χ1) is 27.6. The molecule has 0 rings (SSSR count). The summed E-state index contributed by atoms with van der Waals surface area (Å²) >= 11 is 0. The van der Waals surface area contributed by atoms with Crippen LogP contribution in [0.2, 0.25) is 0 Å². The van der Waals surface area contributed by atoms with Crippen molar-refractivity contribution in [2.75, 3.05) is 13.2 Å². The van der Waals surface area contributed by atoms with Crippen molar-refractivity contribution in [3.63, 3.8) is 0 Å². The van der Waals surface area contributed by atoms with Crippen molar-refractivity contribution in [2.24, 2.45) is 17.8 Å². The van der Waals surface area contributed by atoms with Gasteiger partial charge < -0.3 is 14.2 Å². The summed E-state index contributed by atoms with van der Waals surface area (Å²) in [6.07, 6.45) is 40.8. The highest BCUT2D eigenvalue weighted by molar-refractivity contribution is 5.71. The Kier molecular flexibility index (Phi) is 41.3. The molecule has 0 aromatic rings. The van der Waals surface area contributed by atoms with Gasteiger partial charge in [-0.25, -0.2) is 0 Å². The van der Waals surface area contributed by atoms with Gasteiger partial charge in [0.2, 0.25) is 0 Å². The minimum atomic E-state index is -0.763. The molecule has 2 atom stereocenters. The maximum absolute atomic E-state index is 12.7. The van der Waals surface area contributed by atoms with E-state index >= 15 is 0 Å². The Morgan fingerprint density at radius 1 is 0.351 bits per heavy atom. The molecule has 0 bridgehead atoms. The highest BCUT2D eigenvalue weighted by Gasteiger charge is 2.19. The van der Waals surface area contributed by atoms with Crippen LogP contribution in [0.15, 0.2) is 0 Å². The molecule has 0 radical (unpaired) electrons. The Balaban J connectivity index is 4.32. The number of rotatable bonds is 44. The fourth-order valence-corrected chi connectivity index (χ4v) is 7.55. The summed E-state index contributed by atoms with van der Waals surface area (Å²) in [6.45, 7) is 13.7. The first-order valence-corrected chi connectivity index (χ1v) is 25.1. The molecule has 0 aromatic carbocycles. The third kappa shape index (κ3) is 43.8. The van der Waals surface area contributed by atoms with Crippen LogP contribution in [0.25, 0.3) is 0 Å². The number of hydrogen-bond donors (Lipinski definition) is 0. The third-order valence-electron chi connectivity index (χ3n) is 11.8. The third-order valence-corrected chi connectivity index (χ3v) is 11.8. The Morgan fingerprint density at radius 3 is 0.912 bits per heavy atom. The lowest BCUT2D eigenvalue weighted by molar-refractivity contribution is -0.167. The van der Waals surface area contributed by atoms with Crippen molar-refractivity contribution < 1.29 is 28.6 Å². The lowest BCUT2D eigenvalue weighted by atomic mass is 9.99. The van der Waals surface area contributed by atoms with Crippen LogP contribution in [0.1, 0.15) is 273 Å². The van der Waals surface area contributed by atoms with Gasteiger partial charge in [-0.1, -0.05) is 234 Å². The highest BCUT2D eigenvalue weighted by atomic mass is 16.6. The number of carbonyl (C=O) groups is 3. The summed E-state index contributed by atoms with van der Waals surface area (Å²) in [4.78, 5) is 37.9. The molecular weight excluding hydrogens is 709 g/mol. The first kappa shape index (κ1) is 55.4. The zero-order valence-electron chi connectivity index (χ0n) is 39.1. The van der Waals surface area contributed by atoms with Crippen LogP contribution >= 0.6 is 0 Å². The first-order valence-electron chi connectivity index (χ1n) is 25.1. The van der Waals surface area contributed by atoms with Crippen LogP contribution in [0.5, 0.6) is 0 Å². The second kappa shape index (κ2) is 42.5. The van der Waals surface area contributed by atoms with Gasteiger partial charge in [-0.3, -0.25) is 14.4 Å². The topological polar surface area (TPSA) is 78.9 Å². The molecule has 0 N–H and O–H groups in total. The highest BCUT2D eigenvalue weighted by Crippen LogP contribution is 2.18. The zero-order chi connectivity index (χ0) is 42.0. The van der Waals surface area contributed by atoms with Crippen molar-refractivity contribution in [2.45, 2.75) is 279 Å². The number of carbonyl (C=O) groups excluding carboxylic acids is 3. The Hall–Kier alpha value is -1.59. The maximum Gasteiger partial charge on any atom is 0.306 e. The molecule has 0 amide bonds. The van der Waals surface area contributed by atoms with E-state index in [1.807, 2.05) is 0 Å². The molecule has 0 aliphatic heterocycles. The molecule has 0 aliphatic rings. The van der Waals surface area contributed by atoms with E-state index < -0.39 is 6.10 Å². The van der Waals surface area contributed by atoms with Crippen molar-refractivity contribution in [3.8, 4) is 0 Å². The molecule has 6 heteroatoms. The summed E-state index contributed by atoms with van der Waals surface area (Å²) < 4.78 is 16.8. The van der Waals surface area contributed by atoms with Gasteiger partial charge in [0.15, 0.2) is 6.10 Å². The fourth-order valence-electron chi connectivity index (χ4n) is 7.55. The molecule has 0 aromatic heterocycles. The van der Waals surface area contributed by atoms with E-state index in [2.05, 4.69) is 41.5 Å². The summed E-state index contributed by atoms with van der Waals surface area (Å²) in [5.74, 6) is 1.63. The van der Waals surface area contributed by atoms with Crippen LogP contribution in [0.4, 0.5) is 0 Å². The quantitative estimate of drug-likeness (QED) is 0.0347. The SMILES string of the molecule is CCC(C)CCCCCCCCCCCCC(=O)OC[C@@H](COC(=O)CCCCCCCCCCCCCC(C)C)OC(=O)CCCCCCCCCCC(C)C. The van der Waals surface area contributed by atoms with E-state index in [0.29, 0.717) is 19.3 Å². The normalized spacial score (nSPS) is 12.6. The minimum absolute atomic E-state index is 0.0655. The molecule has 0 heterocycles. The van der Waals surface area contributed by atoms with Gasteiger partial charge in [-0.15, -0.1) is 0 Å². The van der Waals surface area contributed by atoms with Gasteiger partial charge in [0, 0.05) is 19.3 Å². The van der Waals surface area contributed by atoms with Crippen LogP contribution < -0.4 is 0 Å². The fraction of sp³-hybridized carbons (Fsp3) is 0.941. The Labute approximate surface area is 355 Å². The van der Waals surface area contributed by atoms with Gasteiger partial charge >= 0.3 is 17.9 Å². The molecule has 0 saturated carbocycles. The lowest BCUT2D eigenvalue weighted by Gasteiger charge is -2.18. The number of esters is 3. The monoisotopic (exact) mass is 807 g/mol. The van der Waals surface area contributed by atoms with E-state index in [1.165, 1.54) is 154 Å². The van der Waals surface area contributed by atoms with E-state index in [4.69, 9.17) is 14.2 Å². The standard InChI is InChI=1S/C51H98O6/c1-7-47(6)39-33-27-21-14-11-12-16-23-29-35-41-50(53)56-44-48(57-51(54)42-36-30-24-18-17-20-26-32-38-46(4)5)43-55-49(52)40-34-28-22-15-10-8-9-13-19-25-31-37-45(2)3/h45-48H,7-44H2,1-6H3/t47?,48-/m1/s1. The van der Waals surface area contributed by atoms with Gasteiger partial charge in [0.05, 0.1) is 0 Å². The van der Waals surface area contributed by atoms with E-state index in [9.17, 15) is 14.4 Å². The number of unbranched alkanes of at least 4 members (excludes halogenated alkanes) is 26. The van der Waals surface area contributed by atoms with Crippen LogP contribution in [0.3, 0.4) is 0 Å². The molecule has 0 spiro atoms. The predicted octanol–water partition coefficient (Wildman–Crippen LogP) is 16.0. The second-order valence-corrected chi connectivity index (χ2v) is 18.6. The Morgan fingerprint density at radius 2 is 0.614 bits per heavy atom. The Bertz CT molecular complexity index is 885. The van der Waals surface area contributed by atoms with Crippen molar-refractivity contribution in [1.29, 1.82) is 0 Å². The van der Waals surface area contributed by atoms with Gasteiger partial charge in [0.1, 0.15) is 13.2 Å². The molecule has 1 unspecified atom stereocenters. The van der Waals surface area contributed by atoms with E-state index in [-0.39, 0.29) is 31.1 Å². The zero-order valence-corrected chi connectivity index (χ0v) is 39.1. The lowest BCUT2D eigenvalue weighted by Crippen LogP contribution is -2.30. The molecular formula is C51H98O6. The van der Waals surface area contributed by atoms with Gasteiger partial charge in [-0.05, 0) is 37.0 Å². The second-order valence-electron chi connectivity index (χ2n) is 18.6. The van der Waals surface area contributed by atoms with Gasteiger partial charge in [0.25, 0.3) is 0 Å². The molecule has 0 saturated heterocycles. The van der Waals surface area contributed by atoms with Crippen LogP contribution in [-0.4, -0.2) is 37.2 Å². The van der Waals surface area contributed by atoms with Gasteiger partial charge in [-0.2, -0.15) is 0 Å². The van der Waals surface area contributed by atoms with Crippen molar-refractivity contribution >= 4 is 17.9 Å². The molecule has 0 aliphatic carbocycles. The summed E-state index contributed by atoms with van der Waals surface area (Å²) in [6, 6.07) is 0. The molecule has 338 valence electrons. The number of hydrogen-bond acceptors (Lipinski definition) is 6. The maximum atomic E-state index is 12.7. The van der Waals surface area contributed by atoms with E-state index in [1.54, 1.807) is 0 Å². The van der Waals surface area contributed by atoms with E-state index in [0.717, 1.165) is 75.5 Å². The summed E-state index contributed by atoms with van der Waals surface area (Å²) in [5.41, 5.74) is 0. The average molecular weight is 807 g/mol. The number of ether oxygens (including phenoxy) is 3. The van der Waals surface area contributed by atoms with Crippen molar-refractivity contribution in [3.05, 3.63) is 0 Å². The molecule has 57 heavy (non-hydrogen) atoms. The van der Waals surface area contributed by atoms with Crippen molar-refractivity contribution in [1.82, 2.24) is 0 Å². The molecule has 0 fully saturated rings. The van der Waals surface area contributed by atoms with Crippen LogP contribution in [0, 0.1) is 17.8 Å².